The normalized spacial score (nSPS) is 10.5. The topological polar surface area (TPSA) is 128 Å². The number of aromatic hydroxyl groups is 1. The minimum Gasteiger partial charge on any atom is -0.505 e. The van der Waals surface area contributed by atoms with Crippen LogP contribution in [0.5, 0.6) is 5.75 Å². The van der Waals surface area contributed by atoms with Crippen molar-refractivity contribution in [2.75, 3.05) is 6.54 Å². The molecule has 0 unspecified atom stereocenters. The Kier molecular flexibility index (Phi) is 4.72. The second kappa shape index (κ2) is 7.13. The molecule has 1 amide bonds. The fourth-order valence-corrected chi connectivity index (χ4v) is 2.71. The SMILES string of the molecule is N#Cc1nc(C(=O)NCC(=O)O)c(O)c2ccn(Cc3cccc(F)c3)c12. The van der Waals surface area contributed by atoms with Crippen molar-refractivity contribution >= 4 is 22.8 Å². The van der Waals surface area contributed by atoms with Gasteiger partial charge < -0.3 is 20.1 Å². The van der Waals surface area contributed by atoms with Crippen LogP contribution in [0.4, 0.5) is 4.39 Å². The first-order valence-corrected chi connectivity index (χ1v) is 7.77. The van der Waals surface area contributed by atoms with Crippen molar-refractivity contribution in [3.8, 4) is 11.8 Å². The summed E-state index contributed by atoms with van der Waals surface area (Å²) in [6.07, 6.45) is 1.58. The van der Waals surface area contributed by atoms with Gasteiger partial charge in [-0.1, -0.05) is 12.1 Å². The molecule has 27 heavy (non-hydrogen) atoms. The van der Waals surface area contributed by atoms with Gasteiger partial charge in [0.05, 0.1) is 5.52 Å². The first-order valence-electron chi connectivity index (χ1n) is 7.77. The summed E-state index contributed by atoms with van der Waals surface area (Å²) in [7, 11) is 0. The summed E-state index contributed by atoms with van der Waals surface area (Å²) >= 11 is 0. The monoisotopic (exact) mass is 368 g/mol. The molecule has 0 aliphatic rings. The van der Waals surface area contributed by atoms with Gasteiger partial charge in [-0.25, -0.2) is 9.37 Å². The van der Waals surface area contributed by atoms with Crippen LogP contribution in [0.2, 0.25) is 0 Å². The Labute approximate surface area is 152 Å². The van der Waals surface area contributed by atoms with E-state index in [-0.39, 0.29) is 23.1 Å². The van der Waals surface area contributed by atoms with Gasteiger partial charge in [-0.2, -0.15) is 5.26 Å². The Hall–Kier alpha value is -3.93. The van der Waals surface area contributed by atoms with Crippen LogP contribution < -0.4 is 5.32 Å². The van der Waals surface area contributed by atoms with Gasteiger partial charge in [-0.15, -0.1) is 0 Å². The minimum atomic E-state index is -1.26. The van der Waals surface area contributed by atoms with E-state index in [0.29, 0.717) is 5.56 Å². The molecule has 0 spiro atoms. The zero-order valence-corrected chi connectivity index (χ0v) is 13.8. The Morgan fingerprint density at radius 1 is 1.33 bits per heavy atom. The zero-order chi connectivity index (χ0) is 19.6. The first kappa shape index (κ1) is 17.9. The van der Waals surface area contributed by atoms with E-state index in [2.05, 4.69) is 10.3 Å². The number of nitriles is 1. The molecule has 1 aromatic carbocycles. The molecule has 9 heteroatoms. The van der Waals surface area contributed by atoms with Crippen LogP contribution in [0.25, 0.3) is 10.9 Å². The highest BCUT2D eigenvalue weighted by Gasteiger charge is 2.22. The standard InChI is InChI=1S/C18H13FN4O4/c19-11-3-1-2-10(6-11)9-23-5-4-12-16(23)13(7-20)22-15(17(12)26)18(27)21-8-14(24)25/h1-6,26H,8-9H2,(H,21,27)(H,24,25). The molecule has 3 aromatic rings. The third-order valence-electron chi connectivity index (χ3n) is 3.85. The van der Waals surface area contributed by atoms with Gasteiger partial charge in [0.2, 0.25) is 0 Å². The summed E-state index contributed by atoms with van der Waals surface area (Å²) in [5, 5.41) is 30.7. The van der Waals surface area contributed by atoms with Crippen LogP contribution >= 0.6 is 0 Å². The van der Waals surface area contributed by atoms with Crippen molar-refractivity contribution in [2.24, 2.45) is 0 Å². The molecule has 8 nitrogen and oxygen atoms in total. The molecule has 0 radical (unpaired) electrons. The number of hydrogen-bond acceptors (Lipinski definition) is 5. The van der Waals surface area contributed by atoms with Gasteiger partial charge >= 0.3 is 5.97 Å². The molecule has 0 fully saturated rings. The molecule has 3 N–H and O–H groups in total. The molecular formula is C18H13FN4O4. The van der Waals surface area contributed by atoms with Gasteiger partial charge in [0.15, 0.2) is 17.1 Å². The number of nitrogens with one attached hydrogen (secondary N) is 1. The second-order valence-electron chi connectivity index (χ2n) is 5.68. The van der Waals surface area contributed by atoms with Crippen LogP contribution in [-0.2, 0) is 11.3 Å². The lowest BCUT2D eigenvalue weighted by Gasteiger charge is -2.10. The van der Waals surface area contributed by atoms with Gasteiger partial charge in [-0.05, 0) is 23.8 Å². The van der Waals surface area contributed by atoms with E-state index in [1.54, 1.807) is 22.9 Å². The van der Waals surface area contributed by atoms with E-state index in [1.165, 1.54) is 18.2 Å². The molecule has 0 aliphatic heterocycles. The van der Waals surface area contributed by atoms with Gasteiger partial charge in [0, 0.05) is 18.1 Å². The number of hydrogen-bond donors (Lipinski definition) is 3. The lowest BCUT2D eigenvalue weighted by Crippen LogP contribution is -2.30. The summed E-state index contributed by atoms with van der Waals surface area (Å²) in [6.45, 7) is -0.428. The molecule has 0 atom stereocenters. The summed E-state index contributed by atoms with van der Waals surface area (Å²) in [5.74, 6) is -3.04. The van der Waals surface area contributed by atoms with Gasteiger partial charge in [0.1, 0.15) is 18.4 Å². The maximum absolute atomic E-state index is 13.4. The average molecular weight is 368 g/mol. The average Bonchev–Trinajstić information content (AvgIpc) is 3.04. The molecule has 3 rings (SSSR count). The largest absolute Gasteiger partial charge is 0.505 e. The quantitative estimate of drug-likeness (QED) is 0.628. The number of aromatic nitrogens is 2. The Bertz CT molecular complexity index is 1100. The fraction of sp³-hybridized carbons (Fsp3) is 0.111. The van der Waals surface area contributed by atoms with Crippen molar-refractivity contribution in [1.82, 2.24) is 14.9 Å². The molecule has 0 bridgehead atoms. The summed E-state index contributed by atoms with van der Waals surface area (Å²) in [5.41, 5.74) is 0.363. The van der Waals surface area contributed by atoms with E-state index in [9.17, 15) is 24.3 Å². The Balaban J connectivity index is 2.05. The Morgan fingerprint density at radius 3 is 2.78 bits per heavy atom. The number of carboxylic acids is 1. The smallest absolute Gasteiger partial charge is 0.322 e. The van der Waals surface area contributed by atoms with Crippen LogP contribution in [0.3, 0.4) is 0 Å². The molecule has 0 saturated heterocycles. The highest BCUT2D eigenvalue weighted by Crippen LogP contribution is 2.31. The highest BCUT2D eigenvalue weighted by atomic mass is 19.1. The molecular weight excluding hydrogens is 355 g/mol. The Morgan fingerprint density at radius 2 is 2.11 bits per heavy atom. The van der Waals surface area contributed by atoms with Crippen molar-refractivity contribution < 1.29 is 24.2 Å². The number of carbonyl (C=O) groups excluding carboxylic acids is 1. The maximum Gasteiger partial charge on any atom is 0.322 e. The zero-order valence-electron chi connectivity index (χ0n) is 13.8. The van der Waals surface area contributed by atoms with E-state index < -0.39 is 35.7 Å². The molecule has 2 heterocycles. The highest BCUT2D eigenvalue weighted by molar-refractivity contribution is 6.03. The number of benzene rings is 1. The summed E-state index contributed by atoms with van der Waals surface area (Å²) in [4.78, 5) is 26.5. The summed E-state index contributed by atoms with van der Waals surface area (Å²) in [6, 6.07) is 9.29. The number of halogens is 1. The van der Waals surface area contributed by atoms with Gasteiger partial charge in [0.25, 0.3) is 5.91 Å². The number of fused-ring (bicyclic) bond motifs is 1. The predicted molar refractivity (Wildman–Crippen MR) is 91.6 cm³/mol. The van der Waals surface area contributed by atoms with Crippen LogP contribution in [0.15, 0.2) is 36.5 Å². The van der Waals surface area contributed by atoms with Crippen molar-refractivity contribution in [2.45, 2.75) is 6.54 Å². The first-order chi connectivity index (χ1) is 12.9. The number of pyridine rings is 1. The number of carbonyl (C=O) groups is 2. The van der Waals surface area contributed by atoms with Crippen molar-refractivity contribution in [3.05, 3.63) is 59.3 Å². The predicted octanol–water partition coefficient (Wildman–Crippen LogP) is 1.62. The number of amides is 1. The minimum absolute atomic E-state index is 0.121. The fourth-order valence-electron chi connectivity index (χ4n) is 2.71. The molecule has 0 saturated carbocycles. The summed E-state index contributed by atoms with van der Waals surface area (Å²) < 4.78 is 15.0. The lowest BCUT2D eigenvalue weighted by atomic mass is 10.1. The van der Waals surface area contributed by atoms with Crippen molar-refractivity contribution in [3.63, 3.8) is 0 Å². The van der Waals surface area contributed by atoms with Crippen LogP contribution in [0.1, 0.15) is 21.7 Å². The van der Waals surface area contributed by atoms with Crippen LogP contribution in [0, 0.1) is 17.1 Å². The van der Waals surface area contributed by atoms with Crippen LogP contribution in [-0.4, -0.2) is 38.2 Å². The number of nitrogens with zero attached hydrogens (tertiary/aromatic N) is 3. The molecule has 136 valence electrons. The van der Waals surface area contributed by atoms with E-state index >= 15 is 0 Å². The number of aliphatic carboxylic acids is 1. The van der Waals surface area contributed by atoms with E-state index in [4.69, 9.17) is 5.11 Å². The van der Waals surface area contributed by atoms with E-state index in [0.717, 1.165) is 0 Å². The number of rotatable bonds is 5. The third kappa shape index (κ3) is 3.55. The lowest BCUT2D eigenvalue weighted by molar-refractivity contribution is -0.135. The second-order valence-corrected chi connectivity index (χ2v) is 5.68. The third-order valence-corrected chi connectivity index (χ3v) is 3.85. The molecule has 2 aromatic heterocycles. The van der Waals surface area contributed by atoms with E-state index in [1.807, 2.05) is 6.07 Å². The van der Waals surface area contributed by atoms with Gasteiger partial charge in [-0.3, -0.25) is 9.59 Å². The number of carboxylic acid groups (broad SMARTS) is 1. The maximum atomic E-state index is 13.4. The molecule has 0 aliphatic carbocycles. The van der Waals surface area contributed by atoms with Crippen molar-refractivity contribution in [1.29, 1.82) is 5.26 Å².